The molecule has 1 aromatic carbocycles. The first-order valence-corrected chi connectivity index (χ1v) is 9.88. The number of ketones is 1. The average Bonchev–Trinajstić information content (AvgIpc) is 2.68. The fourth-order valence-corrected chi connectivity index (χ4v) is 3.54. The molecule has 0 saturated carbocycles. The second-order valence-electron chi connectivity index (χ2n) is 6.38. The Bertz CT molecular complexity index is 1160. The summed E-state index contributed by atoms with van der Waals surface area (Å²) in [5.74, 6) is -1.06. The molecular weight excluding hydrogens is 402 g/mol. The van der Waals surface area contributed by atoms with Crippen molar-refractivity contribution in [2.75, 3.05) is 13.6 Å². The van der Waals surface area contributed by atoms with E-state index in [2.05, 4.69) is 0 Å². The first-order chi connectivity index (χ1) is 13.4. The van der Waals surface area contributed by atoms with E-state index in [0.29, 0.717) is 5.56 Å². The van der Waals surface area contributed by atoms with Gasteiger partial charge in [0, 0.05) is 32.8 Å². The number of carbonyl (C=O) groups is 2. The van der Waals surface area contributed by atoms with Crippen molar-refractivity contribution in [1.29, 1.82) is 0 Å². The van der Waals surface area contributed by atoms with Gasteiger partial charge < -0.3 is 4.74 Å². The van der Waals surface area contributed by atoms with Gasteiger partial charge in [-0.3, -0.25) is 23.5 Å². The highest BCUT2D eigenvalue weighted by Gasteiger charge is 2.24. The lowest BCUT2D eigenvalue weighted by Gasteiger charge is -2.17. The highest BCUT2D eigenvalue weighted by molar-refractivity contribution is 7.89. The van der Waals surface area contributed by atoms with E-state index in [0.717, 1.165) is 19.5 Å². The molecule has 0 aliphatic carbocycles. The zero-order valence-electron chi connectivity index (χ0n) is 16.4. The van der Waals surface area contributed by atoms with Gasteiger partial charge in [0.15, 0.2) is 5.78 Å². The van der Waals surface area contributed by atoms with Gasteiger partial charge in [0.2, 0.25) is 10.0 Å². The number of hydrogen-bond donors (Lipinski definition) is 0. The molecule has 29 heavy (non-hydrogen) atoms. The van der Waals surface area contributed by atoms with E-state index in [-0.39, 0.29) is 23.0 Å². The fraction of sp³-hybridized carbons (Fsp3) is 0.333. The number of ether oxygens (including phenoxy) is 1. The maximum absolute atomic E-state index is 12.5. The van der Waals surface area contributed by atoms with Crippen molar-refractivity contribution in [1.82, 2.24) is 13.4 Å². The monoisotopic (exact) mass is 423 g/mol. The van der Waals surface area contributed by atoms with E-state index < -0.39 is 33.8 Å². The Hall–Kier alpha value is -3.05. The minimum absolute atomic E-state index is 0.0771. The van der Waals surface area contributed by atoms with Crippen LogP contribution in [0.4, 0.5) is 0 Å². The third-order valence-corrected chi connectivity index (χ3v) is 6.14. The topological polar surface area (TPSA) is 125 Å². The maximum Gasteiger partial charge on any atom is 0.330 e. The van der Waals surface area contributed by atoms with E-state index in [4.69, 9.17) is 4.74 Å². The van der Waals surface area contributed by atoms with Crippen molar-refractivity contribution < 1.29 is 22.7 Å². The van der Waals surface area contributed by atoms with Gasteiger partial charge in [-0.1, -0.05) is 12.1 Å². The average molecular weight is 423 g/mol. The number of benzene rings is 1. The second kappa shape index (κ2) is 8.53. The molecule has 2 aromatic rings. The number of hydrogen-bond acceptors (Lipinski definition) is 7. The third-order valence-electron chi connectivity index (χ3n) is 4.33. The van der Waals surface area contributed by atoms with E-state index in [9.17, 15) is 27.6 Å². The van der Waals surface area contributed by atoms with Crippen molar-refractivity contribution in [3.63, 3.8) is 0 Å². The minimum Gasteiger partial charge on any atom is -0.458 e. The summed E-state index contributed by atoms with van der Waals surface area (Å²) in [5.41, 5.74) is -0.576. The van der Waals surface area contributed by atoms with Gasteiger partial charge in [-0.15, -0.1) is 0 Å². The molecule has 156 valence electrons. The number of esters is 1. The van der Waals surface area contributed by atoms with Crippen LogP contribution in [0.2, 0.25) is 0 Å². The lowest BCUT2D eigenvalue weighted by atomic mass is 10.2. The lowest BCUT2D eigenvalue weighted by molar-refractivity contribution is -0.145. The molecule has 0 amide bonds. The van der Waals surface area contributed by atoms with Gasteiger partial charge in [0.25, 0.3) is 5.56 Å². The van der Waals surface area contributed by atoms with E-state index >= 15 is 0 Å². The van der Waals surface area contributed by atoms with Gasteiger partial charge in [-0.2, -0.15) is 4.31 Å². The highest BCUT2D eigenvalue weighted by atomic mass is 32.2. The van der Waals surface area contributed by atoms with Gasteiger partial charge in [0.1, 0.15) is 13.2 Å². The lowest BCUT2D eigenvalue weighted by Crippen LogP contribution is -2.38. The quantitative estimate of drug-likeness (QED) is 0.440. The summed E-state index contributed by atoms with van der Waals surface area (Å²) in [6.07, 6.45) is 0. The molecule has 0 unspecified atom stereocenters. The zero-order chi connectivity index (χ0) is 21.9. The first kappa shape index (κ1) is 22.2. The van der Waals surface area contributed by atoms with Gasteiger partial charge in [-0.05, 0) is 19.1 Å². The molecule has 0 spiro atoms. The number of nitrogens with zero attached hydrogens (tertiary/aromatic N) is 3. The van der Waals surface area contributed by atoms with Crippen molar-refractivity contribution in [2.45, 2.75) is 18.4 Å². The standard InChI is InChI=1S/C18H21N3O7S/c1-12(22)13-5-7-15(8-6-13)29(26,27)19(2)10-17(24)28-11-14-9-16(23)21(4)18(25)20(14)3/h5-9H,10-11H2,1-4H3. The smallest absolute Gasteiger partial charge is 0.330 e. The molecule has 10 nitrogen and oxygen atoms in total. The normalized spacial score (nSPS) is 11.5. The predicted octanol–water partition coefficient (Wildman–Crippen LogP) is -0.349. The Balaban J connectivity index is 2.08. The zero-order valence-corrected chi connectivity index (χ0v) is 17.2. The van der Waals surface area contributed by atoms with Gasteiger partial charge in [-0.25, -0.2) is 13.2 Å². The van der Waals surface area contributed by atoms with Gasteiger partial charge in [0.05, 0.1) is 10.6 Å². The summed E-state index contributed by atoms with van der Waals surface area (Å²) in [4.78, 5) is 46.8. The molecule has 0 bridgehead atoms. The number of carbonyl (C=O) groups excluding carboxylic acids is 2. The molecule has 0 fully saturated rings. The number of aromatic nitrogens is 2. The predicted molar refractivity (Wildman–Crippen MR) is 103 cm³/mol. The molecule has 0 aliphatic heterocycles. The fourth-order valence-electron chi connectivity index (χ4n) is 2.43. The summed E-state index contributed by atoms with van der Waals surface area (Å²) in [6.45, 7) is 0.432. The number of likely N-dealkylation sites (N-methyl/N-ethyl adjacent to an activating group) is 1. The Labute approximate surface area is 167 Å². The van der Waals surface area contributed by atoms with E-state index in [1.54, 1.807) is 0 Å². The molecule has 1 heterocycles. The van der Waals surface area contributed by atoms with Crippen molar-refractivity contribution in [3.8, 4) is 0 Å². The van der Waals surface area contributed by atoms with Crippen LogP contribution in [0.15, 0.2) is 44.8 Å². The van der Waals surface area contributed by atoms with Crippen LogP contribution in [0.1, 0.15) is 23.0 Å². The molecule has 0 N–H and O–H groups in total. The Morgan fingerprint density at radius 3 is 2.21 bits per heavy atom. The Morgan fingerprint density at radius 2 is 1.66 bits per heavy atom. The summed E-state index contributed by atoms with van der Waals surface area (Å²) < 4.78 is 33.0. The molecule has 11 heteroatoms. The summed E-state index contributed by atoms with van der Waals surface area (Å²) in [6, 6.07) is 6.49. The summed E-state index contributed by atoms with van der Waals surface area (Å²) >= 11 is 0. The maximum atomic E-state index is 12.5. The number of rotatable bonds is 7. The first-order valence-electron chi connectivity index (χ1n) is 8.44. The van der Waals surface area contributed by atoms with Crippen LogP contribution in [0.5, 0.6) is 0 Å². The van der Waals surface area contributed by atoms with Crippen LogP contribution in [-0.2, 0) is 40.3 Å². The molecule has 1 aromatic heterocycles. The van der Waals surface area contributed by atoms with Crippen LogP contribution in [0.25, 0.3) is 0 Å². The number of Topliss-reactive ketones (excluding diaryl/α,β-unsaturated/α-hetero) is 1. The Morgan fingerprint density at radius 1 is 1.07 bits per heavy atom. The van der Waals surface area contributed by atoms with Crippen LogP contribution < -0.4 is 11.2 Å². The highest BCUT2D eigenvalue weighted by Crippen LogP contribution is 2.15. The van der Waals surface area contributed by atoms with E-state index in [1.165, 1.54) is 52.3 Å². The van der Waals surface area contributed by atoms with Crippen molar-refractivity contribution in [2.24, 2.45) is 14.1 Å². The molecular formula is C18H21N3O7S. The molecule has 0 saturated heterocycles. The SMILES string of the molecule is CC(=O)c1ccc(S(=O)(=O)N(C)CC(=O)OCc2cc(=O)n(C)c(=O)n2C)cc1. The minimum atomic E-state index is -3.97. The largest absolute Gasteiger partial charge is 0.458 e. The van der Waals surface area contributed by atoms with Crippen LogP contribution in [-0.4, -0.2) is 47.2 Å². The summed E-state index contributed by atoms with van der Waals surface area (Å²) in [7, 11) is -0.0167. The summed E-state index contributed by atoms with van der Waals surface area (Å²) in [5, 5.41) is 0. The van der Waals surface area contributed by atoms with Crippen LogP contribution in [0.3, 0.4) is 0 Å². The number of sulfonamides is 1. The molecule has 0 atom stereocenters. The molecule has 2 rings (SSSR count). The van der Waals surface area contributed by atoms with Crippen LogP contribution >= 0.6 is 0 Å². The molecule has 0 radical (unpaired) electrons. The Kier molecular flexibility index (Phi) is 6.55. The van der Waals surface area contributed by atoms with Gasteiger partial charge >= 0.3 is 11.7 Å². The molecule has 0 aliphatic rings. The second-order valence-corrected chi connectivity index (χ2v) is 8.42. The third kappa shape index (κ3) is 4.87. The van der Waals surface area contributed by atoms with E-state index in [1.807, 2.05) is 0 Å². The van der Waals surface area contributed by atoms with Crippen molar-refractivity contribution >= 4 is 21.8 Å². The van der Waals surface area contributed by atoms with Crippen LogP contribution in [0, 0.1) is 0 Å². The van der Waals surface area contributed by atoms with Crippen molar-refractivity contribution in [3.05, 3.63) is 62.4 Å².